The quantitative estimate of drug-likeness (QED) is 0.760. The highest BCUT2D eigenvalue weighted by Gasteiger charge is 2.13. The van der Waals surface area contributed by atoms with Crippen molar-refractivity contribution in [1.29, 1.82) is 0 Å². The summed E-state index contributed by atoms with van der Waals surface area (Å²) < 4.78 is 1.28. The van der Waals surface area contributed by atoms with Gasteiger partial charge in [0.2, 0.25) is 11.7 Å². The van der Waals surface area contributed by atoms with Crippen LogP contribution >= 0.6 is 0 Å². The number of hydrogen-bond acceptors (Lipinski definition) is 4. The van der Waals surface area contributed by atoms with Gasteiger partial charge in [0.15, 0.2) is 0 Å². The Kier molecular flexibility index (Phi) is 4.09. The van der Waals surface area contributed by atoms with Crippen LogP contribution in [0.4, 0.5) is 0 Å². The minimum Gasteiger partial charge on any atom is -0.335 e. The molecule has 7 heteroatoms. The number of aromatic nitrogens is 4. The first-order chi connectivity index (χ1) is 9.65. The fourth-order valence-corrected chi connectivity index (χ4v) is 1.82. The van der Waals surface area contributed by atoms with Gasteiger partial charge < -0.3 is 4.90 Å². The number of carbonyl (C=O) groups excluding carboxylic acids is 1. The SMILES string of the molecule is C=CCN(CC=C)C(=O)Cc1cc(=O)n2cn[nH]c2n1. The van der Waals surface area contributed by atoms with Crippen LogP contribution in [0.5, 0.6) is 0 Å². The minimum absolute atomic E-state index is 0.0481. The molecule has 0 bridgehead atoms. The topological polar surface area (TPSA) is 83.4 Å². The van der Waals surface area contributed by atoms with E-state index in [4.69, 9.17) is 0 Å². The van der Waals surface area contributed by atoms with Crippen LogP contribution in [0.2, 0.25) is 0 Å². The van der Waals surface area contributed by atoms with E-state index in [0.717, 1.165) is 0 Å². The smallest absolute Gasteiger partial charge is 0.260 e. The standard InChI is InChI=1S/C13H15N5O2/c1-3-5-17(6-4-2)11(19)7-10-8-12(20)18-9-14-16-13(18)15-10/h3-4,8-9H,1-2,5-7H2,(H,15,16). The maximum Gasteiger partial charge on any atom is 0.260 e. The van der Waals surface area contributed by atoms with E-state index >= 15 is 0 Å². The Morgan fingerprint density at radius 2 is 2.10 bits per heavy atom. The molecule has 0 fully saturated rings. The molecule has 1 amide bonds. The largest absolute Gasteiger partial charge is 0.335 e. The molecule has 20 heavy (non-hydrogen) atoms. The second kappa shape index (κ2) is 5.96. The summed E-state index contributed by atoms with van der Waals surface area (Å²) in [5, 5.41) is 6.33. The number of rotatable bonds is 6. The van der Waals surface area contributed by atoms with Gasteiger partial charge in [0, 0.05) is 19.2 Å². The van der Waals surface area contributed by atoms with Crippen LogP contribution < -0.4 is 5.56 Å². The summed E-state index contributed by atoms with van der Waals surface area (Å²) in [4.78, 5) is 29.7. The first kappa shape index (κ1) is 13.7. The lowest BCUT2D eigenvalue weighted by atomic mass is 10.2. The molecule has 1 N–H and O–H groups in total. The third-order valence-electron chi connectivity index (χ3n) is 2.73. The van der Waals surface area contributed by atoms with E-state index in [1.54, 1.807) is 17.1 Å². The molecule has 2 aromatic rings. The van der Waals surface area contributed by atoms with Crippen LogP contribution in [0.15, 0.2) is 42.5 Å². The predicted octanol–water partition coefficient (Wildman–Crippen LogP) is 0.161. The van der Waals surface area contributed by atoms with Gasteiger partial charge in [-0.2, -0.15) is 5.10 Å². The molecule has 2 heterocycles. The summed E-state index contributed by atoms with van der Waals surface area (Å²) in [5.74, 6) is 0.180. The van der Waals surface area contributed by atoms with Gasteiger partial charge in [-0.1, -0.05) is 12.2 Å². The van der Waals surface area contributed by atoms with Crippen molar-refractivity contribution in [2.45, 2.75) is 6.42 Å². The molecule has 2 rings (SSSR count). The molecule has 0 aliphatic rings. The zero-order valence-electron chi connectivity index (χ0n) is 11.0. The monoisotopic (exact) mass is 273 g/mol. The Hall–Kier alpha value is -2.70. The average molecular weight is 273 g/mol. The molecule has 0 unspecified atom stereocenters. The number of carbonyl (C=O) groups is 1. The maximum atomic E-state index is 12.1. The summed E-state index contributed by atoms with van der Waals surface area (Å²) in [7, 11) is 0. The van der Waals surface area contributed by atoms with Gasteiger partial charge in [-0.05, 0) is 0 Å². The molecule has 0 saturated heterocycles. The van der Waals surface area contributed by atoms with E-state index in [-0.39, 0.29) is 17.9 Å². The Balaban J connectivity index is 2.22. The normalized spacial score (nSPS) is 10.4. The average Bonchev–Trinajstić information content (AvgIpc) is 2.87. The van der Waals surface area contributed by atoms with E-state index in [1.807, 2.05) is 0 Å². The number of fused-ring (bicyclic) bond motifs is 1. The number of hydrogen-bond donors (Lipinski definition) is 1. The minimum atomic E-state index is -0.273. The summed E-state index contributed by atoms with van der Waals surface area (Å²) in [6.07, 6.45) is 4.67. The Labute approximate surface area is 115 Å². The second-order valence-corrected chi connectivity index (χ2v) is 4.19. The first-order valence-corrected chi connectivity index (χ1v) is 6.07. The molecular weight excluding hydrogens is 258 g/mol. The molecule has 0 atom stereocenters. The summed E-state index contributed by atoms with van der Waals surface area (Å²) in [6.45, 7) is 8.07. The van der Waals surface area contributed by atoms with Crippen molar-refractivity contribution >= 4 is 11.7 Å². The molecule has 0 aliphatic heterocycles. The van der Waals surface area contributed by atoms with Crippen LogP contribution in [0.3, 0.4) is 0 Å². The van der Waals surface area contributed by atoms with Crippen LogP contribution in [0.1, 0.15) is 5.69 Å². The predicted molar refractivity (Wildman–Crippen MR) is 74.3 cm³/mol. The van der Waals surface area contributed by atoms with E-state index < -0.39 is 0 Å². The van der Waals surface area contributed by atoms with Gasteiger partial charge in [0.1, 0.15) is 6.33 Å². The lowest BCUT2D eigenvalue weighted by Crippen LogP contribution is -2.33. The number of H-pyrrole nitrogens is 1. The Bertz CT molecular complexity index is 690. The van der Waals surface area contributed by atoms with Crippen molar-refractivity contribution in [2.24, 2.45) is 0 Å². The first-order valence-electron chi connectivity index (χ1n) is 6.07. The molecule has 0 spiro atoms. The van der Waals surface area contributed by atoms with Crippen LogP contribution in [-0.4, -0.2) is 43.5 Å². The van der Waals surface area contributed by atoms with E-state index in [0.29, 0.717) is 24.6 Å². The summed E-state index contributed by atoms with van der Waals surface area (Å²) >= 11 is 0. The number of aromatic amines is 1. The van der Waals surface area contributed by atoms with Crippen LogP contribution in [0, 0.1) is 0 Å². The zero-order valence-corrected chi connectivity index (χ0v) is 11.0. The maximum absolute atomic E-state index is 12.1. The number of nitrogens with one attached hydrogen (secondary N) is 1. The lowest BCUT2D eigenvalue weighted by molar-refractivity contribution is -0.129. The number of nitrogens with zero attached hydrogens (tertiary/aromatic N) is 4. The van der Waals surface area contributed by atoms with Gasteiger partial charge >= 0.3 is 0 Å². The summed E-state index contributed by atoms with van der Waals surface area (Å²) in [6, 6.07) is 1.33. The molecule has 7 nitrogen and oxygen atoms in total. The Morgan fingerprint density at radius 3 is 2.75 bits per heavy atom. The van der Waals surface area contributed by atoms with E-state index in [9.17, 15) is 9.59 Å². The van der Waals surface area contributed by atoms with Crippen molar-refractivity contribution in [1.82, 2.24) is 24.5 Å². The highest BCUT2D eigenvalue weighted by atomic mass is 16.2. The van der Waals surface area contributed by atoms with Crippen molar-refractivity contribution in [2.75, 3.05) is 13.1 Å². The zero-order chi connectivity index (χ0) is 14.5. The van der Waals surface area contributed by atoms with Gasteiger partial charge in [-0.15, -0.1) is 13.2 Å². The molecule has 2 aromatic heterocycles. The number of amides is 1. The second-order valence-electron chi connectivity index (χ2n) is 4.19. The molecule has 0 saturated carbocycles. The van der Waals surface area contributed by atoms with Gasteiger partial charge in [-0.25, -0.2) is 14.5 Å². The molecular formula is C13H15N5O2. The van der Waals surface area contributed by atoms with Gasteiger partial charge in [0.05, 0.1) is 12.1 Å². The highest BCUT2D eigenvalue weighted by molar-refractivity contribution is 5.78. The molecule has 104 valence electrons. The molecule has 0 radical (unpaired) electrons. The van der Waals surface area contributed by atoms with Crippen LogP contribution in [0.25, 0.3) is 5.78 Å². The van der Waals surface area contributed by atoms with E-state index in [1.165, 1.54) is 16.8 Å². The summed E-state index contributed by atoms with van der Waals surface area (Å²) in [5.41, 5.74) is 0.132. The van der Waals surface area contributed by atoms with Crippen LogP contribution in [-0.2, 0) is 11.2 Å². The van der Waals surface area contributed by atoms with Gasteiger partial charge in [-0.3, -0.25) is 9.59 Å². The molecule has 0 aliphatic carbocycles. The fraction of sp³-hybridized carbons (Fsp3) is 0.231. The lowest BCUT2D eigenvalue weighted by Gasteiger charge is -2.18. The molecule has 0 aromatic carbocycles. The van der Waals surface area contributed by atoms with E-state index in [2.05, 4.69) is 28.3 Å². The van der Waals surface area contributed by atoms with Gasteiger partial charge in [0.25, 0.3) is 5.56 Å². The third-order valence-corrected chi connectivity index (χ3v) is 2.73. The van der Waals surface area contributed by atoms with Crippen molar-refractivity contribution < 1.29 is 4.79 Å². The fourth-order valence-electron chi connectivity index (χ4n) is 1.82. The van der Waals surface area contributed by atoms with Crippen molar-refractivity contribution in [3.8, 4) is 0 Å². The van der Waals surface area contributed by atoms with Crippen molar-refractivity contribution in [3.63, 3.8) is 0 Å². The van der Waals surface area contributed by atoms with Crippen molar-refractivity contribution in [3.05, 3.63) is 53.8 Å². The third kappa shape index (κ3) is 2.82. The highest BCUT2D eigenvalue weighted by Crippen LogP contribution is 2.01. The Morgan fingerprint density at radius 1 is 1.40 bits per heavy atom.